The van der Waals surface area contributed by atoms with Gasteiger partial charge in [0.1, 0.15) is 0 Å². The molecule has 1 aliphatic heterocycles. The Morgan fingerprint density at radius 2 is 2.26 bits per heavy atom. The van der Waals surface area contributed by atoms with Gasteiger partial charge in [0.2, 0.25) is 0 Å². The molecule has 1 fully saturated rings. The van der Waals surface area contributed by atoms with Crippen molar-refractivity contribution in [1.82, 2.24) is 20.2 Å². The minimum absolute atomic E-state index is 0.119. The predicted molar refractivity (Wildman–Crippen MR) is 71.5 cm³/mol. The molecule has 0 aliphatic carbocycles. The van der Waals surface area contributed by atoms with Gasteiger partial charge >= 0.3 is 0 Å². The first-order chi connectivity index (χ1) is 9.16. The van der Waals surface area contributed by atoms with Crippen molar-refractivity contribution in [3.63, 3.8) is 0 Å². The van der Waals surface area contributed by atoms with Gasteiger partial charge in [-0.05, 0) is 42.8 Å². The molecule has 2 aromatic rings. The lowest BCUT2D eigenvalue weighted by molar-refractivity contribution is 0.105. The summed E-state index contributed by atoms with van der Waals surface area (Å²) in [5.41, 5.74) is 8.74. The second-order valence-electron chi connectivity index (χ2n) is 4.97. The average molecular weight is 259 g/mol. The molecule has 0 radical (unpaired) electrons. The third-order valence-corrected chi connectivity index (χ3v) is 3.59. The molecule has 2 N–H and O–H groups in total. The molecule has 0 bridgehead atoms. The van der Waals surface area contributed by atoms with Crippen LogP contribution in [0.1, 0.15) is 24.9 Å². The van der Waals surface area contributed by atoms with Crippen molar-refractivity contribution in [3.8, 4) is 11.4 Å². The number of rotatable bonds is 2. The van der Waals surface area contributed by atoms with Crippen LogP contribution in [0.25, 0.3) is 11.4 Å². The van der Waals surface area contributed by atoms with Gasteiger partial charge in [-0.2, -0.15) is 0 Å². The zero-order valence-corrected chi connectivity index (χ0v) is 11.1. The van der Waals surface area contributed by atoms with Crippen LogP contribution >= 0.6 is 0 Å². The summed E-state index contributed by atoms with van der Waals surface area (Å²) in [6.45, 7) is 4.82. The fraction of sp³-hybridized carbons (Fsp3) is 0.462. The van der Waals surface area contributed by atoms with E-state index in [1.54, 1.807) is 0 Å². The maximum atomic E-state index is 6.04. The molecular formula is C13H17N5O. The molecule has 3 rings (SSSR count). The summed E-state index contributed by atoms with van der Waals surface area (Å²) in [4.78, 5) is 0. The zero-order valence-electron chi connectivity index (χ0n) is 11.1. The number of hydrogen-bond acceptors (Lipinski definition) is 5. The third kappa shape index (κ3) is 2.08. The van der Waals surface area contributed by atoms with Crippen molar-refractivity contribution in [3.05, 3.63) is 23.8 Å². The van der Waals surface area contributed by atoms with Gasteiger partial charge in [-0.15, -0.1) is 5.10 Å². The summed E-state index contributed by atoms with van der Waals surface area (Å²) < 4.78 is 7.42. The Morgan fingerprint density at radius 1 is 1.42 bits per heavy atom. The van der Waals surface area contributed by atoms with Crippen LogP contribution < -0.4 is 5.73 Å². The molecule has 19 heavy (non-hydrogen) atoms. The van der Waals surface area contributed by atoms with E-state index in [1.807, 2.05) is 36.7 Å². The average Bonchev–Trinajstić information content (AvgIpc) is 3.00. The molecule has 0 saturated carbocycles. The van der Waals surface area contributed by atoms with Crippen molar-refractivity contribution in [2.75, 3.05) is 12.3 Å². The van der Waals surface area contributed by atoms with Gasteiger partial charge in [-0.25, -0.2) is 4.68 Å². The van der Waals surface area contributed by atoms with Gasteiger partial charge in [-0.3, -0.25) is 0 Å². The van der Waals surface area contributed by atoms with Gasteiger partial charge in [-0.1, -0.05) is 11.6 Å². The van der Waals surface area contributed by atoms with E-state index in [0.717, 1.165) is 24.2 Å². The fourth-order valence-corrected chi connectivity index (χ4v) is 2.50. The molecule has 2 unspecified atom stereocenters. The van der Waals surface area contributed by atoms with E-state index in [1.165, 1.54) is 0 Å². The maximum Gasteiger partial charge on any atom is 0.184 e. The number of benzene rings is 1. The van der Waals surface area contributed by atoms with Crippen molar-refractivity contribution < 1.29 is 4.74 Å². The maximum absolute atomic E-state index is 6.04. The van der Waals surface area contributed by atoms with Crippen LogP contribution in [0.4, 0.5) is 5.69 Å². The Labute approximate surface area is 111 Å². The summed E-state index contributed by atoms with van der Waals surface area (Å²) in [6, 6.07) is 6.05. The van der Waals surface area contributed by atoms with Crippen LogP contribution in [0.2, 0.25) is 0 Å². The quantitative estimate of drug-likeness (QED) is 0.828. The van der Waals surface area contributed by atoms with Gasteiger partial charge in [0, 0.05) is 17.9 Å². The molecule has 1 aromatic carbocycles. The molecular weight excluding hydrogens is 242 g/mol. The highest BCUT2D eigenvalue weighted by molar-refractivity contribution is 5.72. The van der Waals surface area contributed by atoms with E-state index in [0.29, 0.717) is 11.5 Å². The molecule has 1 aliphatic rings. The molecule has 6 nitrogen and oxygen atoms in total. The molecule has 2 atom stereocenters. The smallest absolute Gasteiger partial charge is 0.184 e. The molecule has 0 amide bonds. The molecule has 6 heteroatoms. The second kappa shape index (κ2) is 4.62. The van der Waals surface area contributed by atoms with E-state index in [-0.39, 0.29) is 12.1 Å². The molecule has 100 valence electrons. The van der Waals surface area contributed by atoms with Crippen LogP contribution in [-0.4, -0.2) is 32.9 Å². The van der Waals surface area contributed by atoms with E-state index in [4.69, 9.17) is 10.5 Å². The van der Waals surface area contributed by atoms with Crippen LogP contribution in [0.3, 0.4) is 0 Å². The molecule has 1 saturated heterocycles. The van der Waals surface area contributed by atoms with Gasteiger partial charge in [0.25, 0.3) is 0 Å². The normalized spacial score (nSPS) is 22.8. The van der Waals surface area contributed by atoms with Crippen LogP contribution in [-0.2, 0) is 4.74 Å². The van der Waals surface area contributed by atoms with Crippen molar-refractivity contribution in [2.45, 2.75) is 32.4 Å². The monoisotopic (exact) mass is 259 g/mol. The highest BCUT2D eigenvalue weighted by atomic mass is 16.5. The second-order valence-corrected chi connectivity index (χ2v) is 4.97. The Kier molecular flexibility index (Phi) is 2.94. The topological polar surface area (TPSA) is 78.9 Å². The minimum Gasteiger partial charge on any atom is -0.398 e. The SMILES string of the molecule is Cc1ccc(N)c(-c2nnnn2C2CCOC2C)c1. The van der Waals surface area contributed by atoms with E-state index in [9.17, 15) is 0 Å². The number of ether oxygens (including phenoxy) is 1. The lowest BCUT2D eigenvalue weighted by Gasteiger charge is -2.16. The van der Waals surface area contributed by atoms with Crippen LogP contribution in [0.15, 0.2) is 18.2 Å². The van der Waals surface area contributed by atoms with E-state index >= 15 is 0 Å². The van der Waals surface area contributed by atoms with Crippen LogP contribution in [0, 0.1) is 6.92 Å². The predicted octanol–water partition coefficient (Wildman–Crippen LogP) is 1.58. The summed E-state index contributed by atoms with van der Waals surface area (Å²) in [5.74, 6) is 0.712. The Morgan fingerprint density at radius 3 is 3.00 bits per heavy atom. The molecule has 2 heterocycles. The highest BCUT2D eigenvalue weighted by Gasteiger charge is 2.29. The number of aromatic nitrogens is 4. The number of aryl methyl sites for hydroxylation is 1. The largest absolute Gasteiger partial charge is 0.398 e. The lowest BCUT2D eigenvalue weighted by Crippen LogP contribution is -2.19. The number of hydrogen-bond donors (Lipinski definition) is 1. The lowest BCUT2D eigenvalue weighted by atomic mass is 10.1. The summed E-state index contributed by atoms with van der Waals surface area (Å²) in [7, 11) is 0. The first-order valence-corrected chi connectivity index (χ1v) is 6.43. The van der Waals surface area contributed by atoms with E-state index in [2.05, 4.69) is 15.5 Å². The van der Waals surface area contributed by atoms with Gasteiger partial charge in [0.05, 0.1) is 12.1 Å². The Balaban J connectivity index is 2.06. The summed E-state index contributed by atoms with van der Waals surface area (Å²) in [5, 5.41) is 12.0. The van der Waals surface area contributed by atoms with Gasteiger partial charge in [0.15, 0.2) is 5.82 Å². The third-order valence-electron chi connectivity index (χ3n) is 3.59. The molecule has 1 aromatic heterocycles. The number of nitrogens with two attached hydrogens (primary N) is 1. The van der Waals surface area contributed by atoms with Gasteiger partial charge < -0.3 is 10.5 Å². The minimum atomic E-state index is 0.119. The van der Waals surface area contributed by atoms with Crippen molar-refractivity contribution in [2.24, 2.45) is 0 Å². The summed E-state index contributed by atoms with van der Waals surface area (Å²) >= 11 is 0. The fourth-order valence-electron chi connectivity index (χ4n) is 2.50. The van der Waals surface area contributed by atoms with Crippen molar-refractivity contribution >= 4 is 5.69 Å². The Hall–Kier alpha value is -1.95. The van der Waals surface area contributed by atoms with E-state index < -0.39 is 0 Å². The highest BCUT2D eigenvalue weighted by Crippen LogP contribution is 2.31. The number of anilines is 1. The zero-order chi connectivity index (χ0) is 13.4. The number of tetrazole rings is 1. The standard InChI is InChI=1S/C13H17N5O/c1-8-3-4-11(14)10(7-8)13-15-16-17-18(13)12-5-6-19-9(12)2/h3-4,7,9,12H,5-6,14H2,1-2H3. The van der Waals surface area contributed by atoms with Crippen LogP contribution in [0.5, 0.6) is 0 Å². The Bertz CT molecular complexity index is 594. The first-order valence-electron chi connectivity index (χ1n) is 6.43. The van der Waals surface area contributed by atoms with Crippen molar-refractivity contribution in [1.29, 1.82) is 0 Å². The number of nitrogens with zero attached hydrogens (tertiary/aromatic N) is 4. The first kappa shape index (κ1) is 12.1. The number of nitrogen functional groups attached to an aromatic ring is 1. The summed E-state index contributed by atoms with van der Waals surface area (Å²) in [6.07, 6.45) is 1.04. The molecule has 0 spiro atoms.